The highest BCUT2D eigenvalue weighted by Gasteiger charge is 2.51. The summed E-state index contributed by atoms with van der Waals surface area (Å²) in [7, 11) is 1.69. The van der Waals surface area contributed by atoms with Crippen molar-refractivity contribution in [3.05, 3.63) is 0 Å². The molecule has 3 atom stereocenters. The van der Waals surface area contributed by atoms with Crippen molar-refractivity contribution in [2.45, 2.75) is 36.9 Å². The zero-order valence-corrected chi connectivity index (χ0v) is 15.3. The average Bonchev–Trinajstić information content (AvgIpc) is 3.18. The zero-order chi connectivity index (χ0) is 18.3. The molecule has 26 heavy (non-hydrogen) atoms. The van der Waals surface area contributed by atoms with Crippen molar-refractivity contribution in [1.29, 1.82) is 0 Å². The van der Waals surface area contributed by atoms with Gasteiger partial charge in [0, 0.05) is 32.7 Å². The largest absolute Gasteiger partial charge is 0.379 e. The number of nitrogen functional groups attached to an aromatic ring is 1. The Balaban J connectivity index is 1.36. The van der Waals surface area contributed by atoms with E-state index in [1.807, 2.05) is 4.90 Å². The summed E-state index contributed by atoms with van der Waals surface area (Å²) in [4.78, 5) is 26.1. The molecule has 0 bridgehead atoms. The number of likely N-dealkylation sites (tertiary alicyclic amines) is 1. The van der Waals surface area contributed by atoms with E-state index in [9.17, 15) is 9.59 Å². The quantitative estimate of drug-likeness (QED) is 0.558. The van der Waals surface area contributed by atoms with Crippen molar-refractivity contribution >= 4 is 33.5 Å². The van der Waals surface area contributed by atoms with E-state index in [4.69, 9.17) is 10.5 Å². The molecule has 1 spiro atoms. The van der Waals surface area contributed by atoms with Crippen molar-refractivity contribution in [1.82, 2.24) is 25.7 Å². The van der Waals surface area contributed by atoms with Gasteiger partial charge in [0.15, 0.2) is 0 Å². The number of ether oxygens (including phenoxy) is 1. The standard InChI is InChI=1S/C15H23N7O3S/c1-25-10-3-2-8(4-9(10)18-14-21-20-12(16)26-14)11(23)22-6-15(7-22)5-17-13(24)19-15/h8-10H,2-7H2,1H3,(H2,16,20)(H,18,21)(H2,17,19,24)/t8-,9+,10+/m0/s1. The van der Waals surface area contributed by atoms with Gasteiger partial charge in [-0.1, -0.05) is 11.3 Å². The summed E-state index contributed by atoms with van der Waals surface area (Å²) in [6, 6.07) is -0.170. The second-order valence-electron chi connectivity index (χ2n) is 7.26. The molecule has 3 amide bonds. The molecule has 3 aliphatic rings. The third-order valence-electron chi connectivity index (χ3n) is 5.45. The number of carbonyl (C=O) groups excluding carboxylic acids is 2. The summed E-state index contributed by atoms with van der Waals surface area (Å²) in [5.74, 6) is 0.0847. The number of anilines is 2. The monoisotopic (exact) mass is 381 g/mol. The van der Waals surface area contributed by atoms with Crippen LogP contribution in [0.4, 0.5) is 15.1 Å². The van der Waals surface area contributed by atoms with Gasteiger partial charge >= 0.3 is 6.03 Å². The lowest BCUT2D eigenvalue weighted by atomic mass is 9.81. The lowest BCUT2D eigenvalue weighted by Crippen LogP contribution is -2.70. The number of amides is 3. The van der Waals surface area contributed by atoms with Gasteiger partial charge in [-0.15, -0.1) is 10.2 Å². The molecule has 3 heterocycles. The molecule has 0 unspecified atom stereocenters. The third kappa shape index (κ3) is 3.16. The molecule has 4 rings (SSSR count). The van der Waals surface area contributed by atoms with Gasteiger partial charge in [0.05, 0.1) is 17.7 Å². The fourth-order valence-corrected chi connectivity index (χ4v) is 4.69. The number of rotatable bonds is 4. The van der Waals surface area contributed by atoms with Crippen LogP contribution in [-0.4, -0.2) is 71.5 Å². The van der Waals surface area contributed by atoms with E-state index < -0.39 is 0 Å². The molecule has 3 fully saturated rings. The minimum absolute atomic E-state index is 0.0156. The highest BCUT2D eigenvalue weighted by Crippen LogP contribution is 2.33. The predicted molar refractivity (Wildman–Crippen MR) is 95.7 cm³/mol. The van der Waals surface area contributed by atoms with Crippen LogP contribution in [0.3, 0.4) is 0 Å². The number of nitrogens with zero attached hydrogens (tertiary/aromatic N) is 3. The highest BCUT2D eigenvalue weighted by atomic mass is 32.1. The number of nitrogens with two attached hydrogens (primary N) is 1. The smallest absolute Gasteiger partial charge is 0.315 e. The lowest BCUT2D eigenvalue weighted by Gasteiger charge is -2.49. The third-order valence-corrected chi connectivity index (χ3v) is 6.14. The Bertz CT molecular complexity index is 705. The number of methoxy groups -OCH3 is 1. The maximum absolute atomic E-state index is 12.9. The van der Waals surface area contributed by atoms with Crippen LogP contribution < -0.4 is 21.7 Å². The van der Waals surface area contributed by atoms with Gasteiger partial charge in [-0.05, 0) is 19.3 Å². The van der Waals surface area contributed by atoms with Crippen LogP contribution in [0.15, 0.2) is 0 Å². The van der Waals surface area contributed by atoms with Gasteiger partial charge in [-0.2, -0.15) is 0 Å². The topological polar surface area (TPSA) is 134 Å². The first kappa shape index (κ1) is 17.3. The summed E-state index contributed by atoms with van der Waals surface area (Å²) in [5.41, 5.74) is 5.36. The predicted octanol–water partition coefficient (Wildman–Crippen LogP) is -0.390. The van der Waals surface area contributed by atoms with E-state index in [0.29, 0.717) is 36.3 Å². The van der Waals surface area contributed by atoms with Gasteiger partial charge in [0.2, 0.25) is 16.2 Å². The van der Waals surface area contributed by atoms with Gasteiger partial charge in [0.25, 0.3) is 0 Å². The summed E-state index contributed by atoms with van der Waals surface area (Å²) in [5, 5.41) is 17.9. The average molecular weight is 381 g/mol. The van der Waals surface area contributed by atoms with Crippen LogP contribution in [-0.2, 0) is 9.53 Å². The Morgan fingerprint density at radius 1 is 1.42 bits per heavy atom. The van der Waals surface area contributed by atoms with Crippen LogP contribution >= 0.6 is 11.3 Å². The van der Waals surface area contributed by atoms with Crippen LogP contribution in [0.25, 0.3) is 0 Å². The first-order valence-corrected chi connectivity index (χ1v) is 9.53. The van der Waals surface area contributed by atoms with Crippen molar-refractivity contribution in [3.63, 3.8) is 0 Å². The molecule has 0 aromatic carbocycles. The number of aromatic nitrogens is 2. The first-order chi connectivity index (χ1) is 12.5. The molecule has 10 nitrogen and oxygen atoms in total. The van der Waals surface area contributed by atoms with Gasteiger partial charge in [-0.25, -0.2) is 4.79 Å². The van der Waals surface area contributed by atoms with Crippen molar-refractivity contribution < 1.29 is 14.3 Å². The van der Waals surface area contributed by atoms with Crippen molar-refractivity contribution in [2.75, 3.05) is 37.8 Å². The molecule has 1 aromatic rings. The fourth-order valence-electron chi connectivity index (χ4n) is 4.12. The lowest BCUT2D eigenvalue weighted by molar-refractivity contribution is -0.145. The maximum atomic E-state index is 12.9. The molecule has 1 aromatic heterocycles. The van der Waals surface area contributed by atoms with Crippen LogP contribution in [0, 0.1) is 5.92 Å². The number of hydrogen-bond acceptors (Lipinski definition) is 8. The Morgan fingerprint density at radius 2 is 2.23 bits per heavy atom. The highest BCUT2D eigenvalue weighted by molar-refractivity contribution is 7.18. The van der Waals surface area contributed by atoms with E-state index in [0.717, 1.165) is 12.8 Å². The molecule has 2 aliphatic heterocycles. The maximum Gasteiger partial charge on any atom is 0.315 e. The number of urea groups is 1. The van der Waals surface area contributed by atoms with Crippen molar-refractivity contribution in [3.8, 4) is 0 Å². The minimum atomic E-state index is -0.280. The normalized spacial score (nSPS) is 29.8. The van der Waals surface area contributed by atoms with Crippen molar-refractivity contribution in [2.24, 2.45) is 5.92 Å². The molecular formula is C15H23N7O3S. The van der Waals surface area contributed by atoms with E-state index in [2.05, 4.69) is 26.1 Å². The van der Waals surface area contributed by atoms with Crippen LogP contribution in [0.5, 0.6) is 0 Å². The second-order valence-corrected chi connectivity index (χ2v) is 8.27. The van der Waals surface area contributed by atoms with E-state index in [1.54, 1.807) is 7.11 Å². The molecule has 11 heteroatoms. The number of nitrogens with one attached hydrogen (secondary N) is 3. The summed E-state index contributed by atoms with van der Waals surface area (Å²) in [6.07, 6.45) is 2.29. The minimum Gasteiger partial charge on any atom is -0.379 e. The Kier molecular flexibility index (Phi) is 4.35. The SMILES string of the molecule is CO[C@@H]1CC[C@H](C(=O)N2CC3(CNC(=O)N3)C2)C[C@H]1Nc1nnc(N)s1. The molecule has 5 N–H and O–H groups in total. The Hall–Kier alpha value is -2.14. The molecule has 1 aliphatic carbocycles. The number of carbonyl (C=O) groups is 2. The summed E-state index contributed by atoms with van der Waals surface area (Å²) in [6.45, 7) is 1.72. The second kappa shape index (κ2) is 6.54. The van der Waals surface area contributed by atoms with Crippen LogP contribution in [0.1, 0.15) is 19.3 Å². The Morgan fingerprint density at radius 3 is 2.85 bits per heavy atom. The fraction of sp³-hybridized carbons (Fsp3) is 0.733. The van der Waals surface area contributed by atoms with Gasteiger partial charge < -0.3 is 31.3 Å². The molecular weight excluding hydrogens is 358 g/mol. The van der Waals surface area contributed by atoms with Gasteiger partial charge in [0.1, 0.15) is 0 Å². The molecule has 2 saturated heterocycles. The molecule has 1 saturated carbocycles. The summed E-state index contributed by atoms with van der Waals surface area (Å²) >= 11 is 1.28. The first-order valence-electron chi connectivity index (χ1n) is 8.71. The zero-order valence-electron chi connectivity index (χ0n) is 14.5. The summed E-state index contributed by atoms with van der Waals surface area (Å²) < 4.78 is 5.58. The van der Waals surface area contributed by atoms with E-state index >= 15 is 0 Å². The number of hydrogen-bond donors (Lipinski definition) is 4. The van der Waals surface area contributed by atoms with Crippen LogP contribution in [0.2, 0.25) is 0 Å². The van der Waals surface area contributed by atoms with Gasteiger partial charge in [-0.3, -0.25) is 4.79 Å². The van der Waals surface area contributed by atoms with E-state index in [1.165, 1.54) is 11.3 Å². The Labute approximate surface area is 154 Å². The molecule has 142 valence electrons. The molecule has 0 radical (unpaired) electrons. The van der Waals surface area contributed by atoms with E-state index in [-0.39, 0.29) is 35.5 Å².